The van der Waals surface area contributed by atoms with Gasteiger partial charge >= 0.3 is 6.03 Å². The summed E-state index contributed by atoms with van der Waals surface area (Å²) in [6.07, 6.45) is 0.920. The summed E-state index contributed by atoms with van der Waals surface area (Å²) >= 11 is 3.43. The molecule has 0 atom stereocenters. The van der Waals surface area contributed by atoms with Gasteiger partial charge in [-0.15, -0.1) is 0 Å². The summed E-state index contributed by atoms with van der Waals surface area (Å²) in [4.78, 5) is 14.3. The van der Waals surface area contributed by atoms with E-state index in [1.54, 1.807) is 0 Å². The molecular weight excluding hydrogens is 328 g/mol. The van der Waals surface area contributed by atoms with E-state index < -0.39 is 0 Å². The second kappa shape index (κ2) is 5.90. The van der Waals surface area contributed by atoms with Crippen LogP contribution in [0, 0.1) is 6.92 Å². The predicted octanol–water partition coefficient (Wildman–Crippen LogP) is 4.35. The second-order valence-corrected chi connectivity index (χ2v) is 6.25. The van der Waals surface area contributed by atoms with Gasteiger partial charge in [-0.2, -0.15) is 0 Å². The summed E-state index contributed by atoms with van der Waals surface area (Å²) in [6, 6.07) is 14.2. The Balaban J connectivity index is 1.72. The summed E-state index contributed by atoms with van der Waals surface area (Å²) in [7, 11) is 0. The maximum absolute atomic E-state index is 12.4. The lowest BCUT2D eigenvalue weighted by molar-refractivity contribution is 0.206. The number of nitrogens with zero attached hydrogens (tertiary/aromatic N) is 1. The summed E-state index contributed by atoms with van der Waals surface area (Å²) in [5.41, 5.74) is 4.50. The lowest BCUT2D eigenvalue weighted by Crippen LogP contribution is -2.38. The molecule has 21 heavy (non-hydrogen) atoms. The van der Waals surface area contributed by atoms with Gasteiger partial charge in [0.1, 0.15) is 0 Å². The molecule has 1 heterocycles. The number of benzene rings is 2. The molecule has 3 nitrogen and oxygen atoms in total. The van der Waals surface area contributed by atoms with Crippen molar-refractivity contribution in [3.05, 3.63) is 63.6 Å². The number of rotatable bonds is 1. The van der Waals surface area contributed by atoms with E-state index in [-0.39, 0.29) is 6.03 Å². The maximum atomic E-state index is 12.4. The molecule has 0 bridgehead atoms. The van der Waals surface area contributed by atoms with E-state index in [0.717, 1.165) is 28.7 Å². The standard InChI is InChI=1S/C17H17BrN2O/c1-12-10-15(18)6-7-16(12)19-17(21)20-9-8-13-4-2-3-5-14(13)11-20/h2-7,10H,8-9,11H2,1H3,(H,19,21). The van der Waals surface area contributed by atoms with Gasteiger partial charge in [-0.3, -0.25) is 0 Å². The normalized spacial score (nSPS) is 13.7. The van der Waals surface area contributed by atoms with Crippen LogP contribution in [0.15, 0.2) is 46.9 Å². The zero-order valence-corrected chi connectivity index (χ0v) is 13.5. The number of urea groups is 1. The zero-order chi connectivity index (χ0) is 14.8. The van der Waals surface area contributed by atoms with Gasteiger partial charge in [0.2, 0.25) is 0 Å². The summed E-state index contributed by atoms with van der Waals surface area (Å²) in [5, 5.41) is 3.00. The number of carbonyl (C=O) groups is 1. The molecule has 2 amide bonds. The average molecular weight is 345 g/mol. The number of halogens is 1. The second-order valence-electron chi connectivity index (χ2n) is 5.33. The lowest BCUT2D eigenvalue weighted by Gasteiger charge is -2.29. The first kappa shape index (κ1) is 14.1. The van der Waals surface area contributed by atoms with Crippen LogP contribution < -0.4 is 5.32 Å². The lowest BCUT2D eigenvalue weighted by atomic mass is 10.0. The first-order chi connectivity index (χ1) is 10.1. The zero-order valence-electron chi connectivity index (χ0n) is 11.9. The molecule has 108 valence electrons. The van der Waals surface area contributed by atoms with Crippen molar-refractivity contribution < 1.29 is 4.79 Å². The molecule has 1 aliphatic rings. The highest BCUT2D eigenvalue weighted by Gasteiger charge is 2.20. The largest absolute Gasteiger partial charge is 0.322 e. The molecular formula is C17H17BrN2O. The van der Waals surface area contributed by atoms with Crippen LogP contribution in [0.2, 0.25) is 0 Å². The van der Waals surface area contributed by atoms with Gasteiger partial charge in [0.05, 0.1) is 0 Å². The van der Waals surface area contributed by atoms with Crippen LogP contribution in [0.4, 0.5) is 10.5 Å². The molecule has 0 aromatic heterocycles. The Labute approximate surface area is 133 Å². The van der Waals surface area contributed by atoms with Crippen molar-refractivity contribution in [1.82, 2.24) is 4.90 Å². The molecule has 3 rings (SSSR count). The van der Waals surface area contributed by atoms with Gasteiger partial charge in [-0.05, 0) is 48.2 Å². The molecule has 0 unspecified atom stereocenters. The fraction of sp³-hybridized carbons (Fsp3) is 0.235. The molecule has 2 aromatic rings. The van der Waals surface area contributed by atoms with E-state index in [0.29, 0.717) is 6.54 Å². The fourth-order valence-electron chi connectivity index (χ4n) is 2.63. The minimum Gasteiger partial charge on any atom is -0.320 e. The van der Waals surface area contributed by atoms with Crippen LogP contribution in [-0.2, 0) is 13.0 Å². The highest BCUT2D eigenvalue weighted by atomic mass is 79.9. The predicted molar refractivity (Wildman–Crippen MR) is 88.5 cm³/mol. The van der Waals surface area contributed by atoms with Crippen molar-refractivity contribution in [2.45, 2.75) is 19.9 Å². The maximum Gasteiger partial charge on any atom is 0.322 e. The van der Waals surface area contributed by atoms with Crippen molar-refractivity contribution in [3.8, 4) is 0 Å². The Hall–Kier alpha value is -1.81. The van der Waals surface area contributed by atoms with Crippen molar-refractivity contribution in [2.75, 3.05) is 11.9 Å². The van der Waals surface area contributed by atoms with Crippen LogP contribution in [0.25, 0.3) is 0 Å². The third kappa shape index (κ3) is 3.10. The molecule has 0 radical (unpaired) electrons. The van der Waals surface area contributed by atoms with Crippen molar-refractivity contribution in [1.29, 1.82) is 0 Å². The SMILES string of the molecule is Cc1cc(Br)ccc1NC(=O)N1CCc2ccccc2C1. The van der Waals surface area contributed by atoms with E-state index in [4.69, 9.17) is 0 Å². The summed E-state index contributed by atoms with van der Waals surface area (Å²) in [5.74, 6) is 0. The molecule has 0 spiro atoms. The van der Waals surface area contributed by atoms with Gasteiger partial charge in [0.15, 0.2) is 0 Å². The van der Waals surface area contributed by atoms with E-state index >= 15 is 0 Å². The Bertz CT molecular complexity index is 684. The van der Waals surface area contributed by atoms with Gasteiger partial charge in [0, 0.05) is 23.2 Å². The van der Waals surface area contributed by atoms with Crippen LogP contribution in [-0.4, -0.2) is 17.5 Å². The van der Waals surface area contributed by atoms with Crippen LogP contribution in [0.1, 0.15) is 16.7 Å². The number of carbonyl (C=O) groups excluding carboxylic acids is 1. The molecule has 0 aliphatic carbocycles. The van der Waals surface area contributed by atoms with Crippen molar-refractivity contribution in [3.63, 3.8) is 0 Å². The highest BCUT2D eigenvalue weighted by molar-refractivity contribution is 9.10. The molecule has 1 N–H and O–H groups in total. The molecule has 0 saturated heterocycles. The Morgan fingerprint density at radius 1 is 1.19 bits per heavy atom. The number of nitrogens with one attached hydrogen (secondary N) is 1. The Kier molecular flexibility index (Phi) is 3.97. The minimum atomic E-state index is -0.0325. The van der Waals surface area contributed by atoms with Gasteiger partial charge in [-0.25, -0.2) is 4.79 Å². The molecule has 1 aliphatic heterocycles. The highest BCUT2D eigenvalue weighted by Crippen LogP contribution is 2.22. The molecule has 0 fully saturated rings. The van der Waals surface area contributed by atoms with E-state index in [1.807, 2.05) is 36.1 Å². The van der Waals surface area contributed by atoms with Crippen LogP contribution in [0.5, 0.6) is 0 Å². The number of hydrogen-bond acceptors (Lipinski definition) is 1. The monoisotopic (exact) mass is 344 g/mol. The first-order valence-electron chi connectivity index (χ1n) is 7.02. The van der Waals surface area contributed by atoms with Gasteiger partial charge in [0.25, 0.3) is 0 Å². The smallest absolute Gasteiger partial charge is 0.320 e. The number of anilines is 1. The molecule has 2 aromatic carbocycles. The fourth-order valence-corrected chi connectivity index (χ4v) is 3.11. The number of fused-ring (bicyclic) bond motifs is 1. The quantitative estimate of drug-likeness (QED) is 0.819. The Morgan fingerprint density at radius 2 is 1.95 bits per heavy atom. The topological polar surface area (TPSA) is 32.3 Å². The number of aryl methyl sites for hydroxylation is 1. The summed E-state index contributed by atoms with van der Waals surface area (Å²) in [6.45, 7) is 3.43. The van der Waals surface area contributed by atoms with Crippen molar-refractivity contribution >= 4 is 27.6 Å². The van der Waals surface area contributed by atoms with E-state index in [9.17, 15) is 4.79 Å². The van der Waals surface area contributed by atoms with Gasteiger partial charge < -0.3 is 10.2 Å². The first-order valence-corrected chi connectivity index (χ1v) is 7.81. The third-order valence-electron chi connectivity index (χ3n) is 3.85. The average Bonchev–Trinajstić information content (AvgIpc) is 2.49. The van der Waals surface area contributed by atoms with E-state index in [2.05, 4.69) is 39.4 Å². The van der Waals surface area contributed by atoms with Crippen LogP contribution in [0.3, 0.4) is 0 Å². The van der Waals surface area contributed by atoms with Crippen LogP contribution >= 0.6 is 15.9 Å². The Morgan fingerprint density at radius 3 is 2.71 bits per heavy atom. The summed E-state index contributed by atoms with van der Waals surface area (Å²) < 4.78 is 1.02. The van der Waals surface area contributed by atoms with Crippen molar-refractivity contribution in [2.24, 2.45) is 0 Å². The molecule has 4 heteroatoms. The number of amides is 2. The third-order valence-corrected chi connectivity index (χ3v) is 4.34. The van der Waals surface area contributed by atoms with Gasteiger partial charge in [-0.1, -0.05) is 40.2 Å². The number of hydrogen-bond donors (Lipinski definition) is 1. The van der Waals surface area contributed by atoms with E-state index in [1.165, 1.54) is 11.1 Å². The minimum absolute atomic E-state index is 0.0325. The molecule has 0 saturated carbocycles.